The van der Waals surface area contributed by atoms with Crippen molar-refractivity contribution in [3.05, 3.63) is 28.4 Å². The van der Waals surface area contributed by atoms with E-state index in [4.69, 9.17) is 0 Å². The van der Waals surface area contributed by atoms with E-state index in [-0.39, 0.29) is 17.4 Å². The number of nitrogens with one attached hydrogen (secondary N) is 1. The third-order valence-electron chi connectivity index (χ3n) is 2.87. The summed E-state index contributed by atoms with van der Waals surface area (Å²) in [6.45, 7) is -0.0655. The summed E-state index contributed by atoms with van der Waals surface area (Å²) in [6.07, 6.45) is 2.04. The van der Waals surface area contributed by atoms with E-state index in [0.29, 0.717) is 0 Å². The molecule has 1 atom stereocenters. The molecule has 1 aliphatic rings. The second kappa shape index (κ2) is 5.19. The maximum atomic E-state index is 11.8. The minimum absolute atomic E-state index is 0.0655. The van der Waals surface area contributed by atoms with Crippen LogP contribution in [0.15, 0.2) is 23.2 Å². The molecule has 0 bridgehead atoms. The van der Waals surface area contributed by atoms with E-state index in [2.05, 4.69) is 9.71 Å². The lowest BCUT2D eigenvalue weighted by atomic mass is 10.2. The van der Waals surface area contributed by atoms with Crippen molar-refractivity contribution in [1.82, 2.24) is 9.71 Å². The van der Waals surface area contributed by atoms with Crippen LogP contribution in [0.2, 0.25) is 0 Å². The Morgan fingerprint density at radius 1 is 1.53 bits per heavy atom. The van der Waals surface area contributed by atoms with Crippen LogP contribution >= 0.6 is 0 Å². The topological polar surface area (TPSA) is 122 Å². The monoisotopic (exact) mass is 287 g/mol. The standard InChI is InChI=1S/C10H13N3O5S/c14-9(7-1-2-7)6-12-19(17,18)8-3-4-10(11-5-8)13(15)16/h3-5,7,9,12,14H,1-2,6H2. The van der Waals surface area contributed by atoms with Crippen LogP contribution in [0.25, 0.3) is 0 Å². The van der Waals surface area contributed by atoms with Gasteiger partial charge in [0.1, 0.15) is 4.90 Å². The van der Waals surface area contributed by atoms with Gasteiger partial charge in [-0.15, -0.1) is 0 Å². The average molecular weight is 287 g/mol. The first-order valence-corrected chi connectivity index (χ1v) is 7.16. The average Bonchev–Trinajstić information content (AvgIpc) is 3.20. The fourth-order valence-corrected chi connectivity index (χ4v) is 2.56. The van der Waals surface area contributed by atoms with Crippen LogP contribution in [-0.2, 0) is 10.0 Å². The van der Waals surface area contributed by atoms with Crippen LogP contribution in [0.4, 0.5) is 5.82 Å². The summed E-state index contributed by atoms with van der Waals surface area (Å²) in [4.78, 5) is 13.0. The minimum Gasteiger partial charge on any atom is -0.391 e. The fourth-order valence-electron chi connectivity index (χ4n) is 1.57. The Morgan fingerprint density at radius 2 is 2.21 bits per heavy atom. The van der Waals surface area contributed by atoms with Gasteiger partial charge in [0.05, 0.1) is 6.10 Å². The summed E-state index contributed by atoms with van der Waals surface area (Å²) >= 11 is 0. The summed E-state index contributed by atoms with van der Waals surface area (Å²) in [6, 6.07) is 2.13. The summed E-state index contributed by atoms with van der Waals surface area (Å²) in [5.41, 5.74) is 0. The van der Waals surface area contributed by atoms with E-state index in [0.717, 1.165) is 31.2 Å². The Hall–Kier alpha value is -1.58. The van der Waals surface area contributed by atoms with Crippen LogP contribution in [-0.4, -0.2) is 36.1 Å². The Bertz CT molecular complexity index is 567. The van der Waals surface area contributed by atoms with Crippen molar-refractivity contribution < 1.29 is 18.4 Å². The van der Waals surface area contributed by atoms with E-state index in [1.165, 1.54) is 0 Å². The third-order valence-corrected chi connectivity index (χ3v) is 4.28. The van der Waals surface area contributed by atoms with Crippen molar-refractivity contribution in [3.8, 4) is 0 Å². The molecule has 0 aromatic carbocycles. The van der Waals surface area contributed by atoms with Gasteiger partial charge in [0.2, 0.25) is 10.0 Å². The smallest absolute Gasteiger partial charge is 0.363 e. The van der Waals surface area contributed by atoms with Gasteiger partial charge in [-0.3, -0.25) is 0 Å². The highest BCUT2D eigenvalue weighted by Gasteiger charge is 2.30. The molecule has 2 rings (SSSR count). The van der Waals surface area contributed by atoms with Gasteiger partial charge in [0, 0.05) is 12.6 Å². The molecule has 0 aliphatic heterocycles. The molecule has 0 radical (unpaired) electrons. The molecule has 0 saturated heterocycles. The molecule has 1 fully saturated rings. The molecule has 1 aliphatic carbocycles. The fraction of sp³-hybridized carbons (Fsp3) is 0.500. The van der Waals surface area contributed by atoms with E-state index in [9.17, 15) is 23.6 Å². The van der Waals surface area contributed by atoms with Crippen molar-refractivity contribution in [2.24, 2.45) is 5.92 Å². The van der Waals surface area contributed by atoms with Crippen LogP contribution < -0.4 is 4.72 Å². The van der Waals surface area contributed by atoms with Gasteiger partial charge in [-0.1, -0.05) is 0 Å². The van der Waals surface area contributed by atoms with Gasteiger partial charge < -0.3 is 15.2 Å². The zero-order valence-electron chi connectivity index (χ0n) is 9.89. The number of nitro groups is 1. The second-order valence-corrected chi connectivity index (χ2v) is 6.13. The molecule has 1 heterocycles. The SMILES string of the molecule is O=[N+]([O-])c1ccc(S(=O)(=O)NCC(O)C2CC2)cn1. The first kappa shape index (κ1) is 13.8. The number of aliphatic hydroxyl groups is 1. The van der Waals surface area contributed by atoms with Crippen molar-refractivity contribution >= 4 is 15.8 Å². The van der Waals surface area contributed by atoms with E-state index in [1.54, 1.807) is 0 Å². The molecule has 1 aromatic heterocycles. The van der Waals surface area contributed by atoms with E-state index in [1.807, 2.05) is 0 Å². The van der Waals surface area contributed by atoms with Crippen LogP contribution in [0.1, 0.15) is 12.8 Å². The number of hydrogen-bond acceptors (Lipinski definition) is 6. The maximum absolute atomic E-state index is 11.8. The molecule has 0 amide bonds. The number of nitrogens with zero attached hydrogens (tertiary/aromatic N) is 2. The highest BCUT2D eigenvalue weighted by molar-refractivity contribution is 7.89. The first-order chi connectivity index (χ1) is 8.90. The van der Waals surface area contributed by atoms with Gasteiger partial charge in [-0.25, -0.2) is 13.1 Å². The van der Waals surface area contributed by atoms with E-state index < -0.39 is 26.9 Å². The lowest BCUT2D eigenvalue weighted by molar-refractivity contribution is -0.389. The van der Waals surface area contributed by atoms with Crippen molar-refractivity contribution in [2.75, 3.05) is 6.54 Å². The van der Waals surface area contributed by atoms with Crippen LogP contribution in [0.3, 0.4) is 0 Å². The van der Waals surface area contributed by atoms with Gasteiger partial charge in [0.25, 0.3) is 0 Å². The highest BCUT2D eigenvalue weighted by Crippen LogP contribution is 2.32. The predicted octanol–water partition coefficient (Wildman–Crippen LogP) is 0.0390. The number of pyridine rings is 1. The zero-order valence-corrected chi connectivity index (χ0v) is 10.7. The molecule has 8 nitrogen and oxygen atoms in total. The molecule has 19 heavy (non-hydrogen) atoms. The third kappa shape index (κ3) is 3.46. The number of aliphatic hydroxyl groups excluding tert-OH is 1. The highest BCUT2D eigenvalue weighted by atomic mass is 32.2. The van der Waals surface area contributed by atoms with Gasteiger partial charge in [-0.2, -0.15) is 0 Å². The lowest BCUT2D eigenvalue weighted by Gasteiger charge is -2.10. The van der Waals surface area contributed by atoms with E-state index >= 15 is 0 Å². The quantitative estimate of drug-likeness (QED) is 0.562. The lowest BCUT2D eigenvalue weighted by Crippen LogP contribution is -2.33. The molecule has 2 N–H and O–H groups in total. The predicted molar refractivity (Wildman–Crippen MR) is 64.8 cm³/mol. The minimum atomic E-state index is -3.80. The zero-order chi connectivity index (χ0) is 14.0. The molecule has 1 unspecified atom stereocenters. The number of aromatic nitrogens is 1. The molecule has 0 spiro atoms. The maximum Gasteiger partial charge on any atom is 0.363 e. The molecule has 9 heteroatoms. The Morgan fingerprint density at radius 3 is 2.68 bits per heavy atom. The van der Waals surface area contributed by atoms with Gasteiger partial charge in [-0.05, 0) is 34.7 Å². The summed E-state index contributed by atoms with van der Waals surface area (Å²) < 4.78 is 25.9. The number of hydrogen-bond donors (Lipinski definition) is 2. The normalized spacial score (nSPS) is 17.1. The van der Waals surface area contributed by atoms with Crippen LogP contribution in [0, 0.1) is 16.0 Å². The molecular formula is C10H13N3O5S. The molecular weight excluding hydrogens is 274 g/mol. The molecule has 1 aromatic rings. The Labute approximate surface area is 109 Å². The van der Waals surface area contributed by atoms with Crippen molar-refractivity contribution in [2.45, 2.75) is 23.8 Å². The largest absolute Gasteiger partial charge is 0.391 e. The Kier molecular flexibility index (Phi) is 3.78. The molecule has 104 valence electrons. The van der Waals surface area contributed by atoms with Crippen molar-refractivity contribution in [1.29, 1.82) is 0 Å². The number of rotatable bonds is 6. The molecule has 1 saturated carbocycles. The van der Waals surface area contributed by atoms with Crippen LogP contribution in [0.5, 0.6) is 0 Å². The summed E-state index contributed by atoms with van der Waals surface area (Å²) in [7, 11) is -3.80. The summed E-state index contributed by atoms with van der Waals surface area (Å²) in [5.74, 6) is -0.255. The Balaban J connectivity index is 2.03. The van der Waals surface area contributed by atoms with Gasteiger partial charge >= 0.3 is 5.82 Å². The first-order valence-electron chi connectivity index (χ1n) is 5.68. The van der Waals surface area contributed by atoms with Crippen molar-refractivity contribution in [3.63, 3.8) is 0 Å². The van der Waals surface area contributed by atoms with Gasteiger partial charge in [0.15, 0.2) is 6.20 Å². The number of sulfonamides is 1. The second-order valence-electron chi connectivity index (χ2n) is 4.37. The summed E-state index contributed by atoms with van der Waals surface area (Å²) in [5, 5.41) is 20.0.